The second-order valence-electron chi connectivity index (χ2n) is 5.72. The van der Waals surface area contributed by atoms with Crippen molar-refractivity contribution in [1.82, 2.24) is 20.0 Å². The van der Waals surface area contributed by atoms with Crippen LogP contribution < -0.4 is 5.32 Å². The van der Waals surface area contributed by atoms with E-state index in [9.17, 15) is 9.59 Å². The minimum atomic E-state index is -0.439. The van der Waals surface area contributed by atoms with E-state index in [4.69, 9.17) is 0 Å². The normalized spacial score (nSPS) is 23.4. The van der Waals surface area contributed by atoms with Crippen LogP contribution in [0.1, 0.15) is 26.3 Å². The largest absolute Gasteiger partial charge is 0.343 e. The summed E-state index contributed by atoms with van der Waals surface area (Å²) in [6.07, 6.45) is 4.44. The molecule has 6 nitrogen and oxygen atoms in total. The summed E-state index contributed by atoms with van der Waals surface area (Å²) in [4.78, 5) is 26.1. The highest BCUT2D eigenvalue weighted by atomic mass is 16.2. The first-order valence-electron chi connectivity index (χ1n) is 6.98. The molecular weight excluding hydrogens is 256 g/mol. The van der Waals surface area contributed by atoms with Crippen molar-refractivity contribution in [3.8, 4) is 0 Å². The SMILES string of the molecule is CC1NC(=O)C(C(C)C)N(CCc2cnn(C)c2)C1=O. The van der Waals surface area contributed by atoms with Gasteiger partial charge in [-0.25, -0.2) is 0 Å². The molecule has 0 bridgehead atoms. The number of aromatic nitrogens is 2. The fourth-order valence-electron chi connectivity index (χ4n) is 2.65. The number of hydrogen-bond donors (Lipinski definition) is 1. The Morgan fingerprint density at radius 2 is 2.10 bits per heavy atom. The molecule has 2 amide bonds. The van der Waals surface area contributed by atoms with Crippen LogP contribution >= 0.6 is 0 Å². The van der Waals surface area contributed by atoms with E-state index in [1.807, 2.05) is 27.1 Å². The van der Waals surface area contributed by atoms with Gasteiger partial charge in [-0.1, -0.05) is 13.8 Å². The van der Waals surface area contributed by atoms with Crippen LogP contribution in [-0.2, 0) is 23.1 Å². The first-order chi connectivity index (χ1) is 9.40. The lowest BCUT2D eigenvalue weighted by Gasteiger charge is -2.39. The van der Waals surface area contributed by atoms with Gasteiger partial charge in [0.05, 0.1) is 6.20 Å². The summed E-state index contributed by atoms with van der Waals surface area (Å²) in [5, 5.41) is 6.86. The number of hydrogen-bond acceptors (Lipinski definition) is 3. The maximum Gasteiger partial charge on any atom is 0.245 e. The number of piperazine rings is 1. The summed E-state index contributed by atoms with van der Waals surface area (Å²) < 4.78 is 1.74. The van der Waals surface area contributed by atoms with Crippen LogP contribution in [0.15, 0.2) is 12.4 Å². The van der Waals surface area contributed by atoms with Crippen LogP contribution in [0.25, 0.3) is 0 Å². The van der Waals surface area contributed by atoms with Gasteiger partial charge in [-0.3, -0.25) is 14.3 Å². The van der Waals surface area contributed by atoms with Gasteiger partial charge >= 0.3 is 0 Å². The summed E-state index contributed by atoms with van der Waals surface area (Å²) in [6, 6.07) is -0.818. The van der Waals surface area contributed by atoms with Crippen molar-refractivity contribution < 1.29 is 9.59 Å². The van der Waals surface area contributed by atoms with Crippen LogP contribution in [0.2, 0.25) is 0 Å². The van der Waals surface area contributed by atoms with Gasteiger partial charge < -0.3 is 10.2 Å². The molecule has 2 rings (SSSR count). The van der Waals surface area contributed by atoms with E-state index < -0.39 is 6.04 Å². The maximum atomic E-state index is 12.3. The summed E-state index contributed by atoms with van der Waals surface area (Å²) in [5.41, 5.74) is 1.07. The van der Waals surface area contributed by atoms with Crippen molar-refractivity contribution in [3.63, 3.8) is 0 Å². The molecule has 0 spiro atoms. The third-order valence-electron chi connectivity index (χ3n) is 3.65. The molecule has 6 heteroatoms. The van der Waals surface area contributed by atoms with E-state index in [1.165, 1.54) is 0 Å². The highest BCUT2D eigenvalue weighted by Gasteiger charge is 2.39. The quantitative estimate of drug-likeness (QED) is 0.863. The summed E-state index contributed by atoms with van der Waals surface area (Å²) in [7, 11) is 1.86. The molecule has 2 heterocycles. The first-order valence-corrected chi connectivity index (χ1v) is 6.98. The average molecular weight is 278 g/mol. The summed E-state index contributed by atoms with van der Waals surface area (Å²) >= 11 is 0. The predicted molar refractivity (Wildman–Crippen MR) is 74.9 cm³/mol. The standard InChI is InChI=1S/C14H22N4O2/c1-9(2)12-13(19)16-10(3)14(20)18(12)6-5-11-7-15-17(4)8-11/h7-10,12H,5-6H2,1-4H3,(H,16,19). The lowest BCUT2D eigenvalue weighted by atomic mass is 9.97. The Morgan fingerprint density at radius 1 is 1.40 bits per heavy atom. The third kappa shape index (κ3) is 2.84. The van der Waals surface area contributed by atoms with Crippen LogP contribution in [0.3, 0.4) is 0 Å². The Labute approximate surface area is 119 Å². The molecule has 20 heavy (non-hydrogen) atoms. The van der Waals surface area contributed by atoms with Crippen LogP contribution in [0.5, 0.6) is 0 Å². The Bertz CT molecular complexity index is 509. The fraction of sp³-hybridized carbons (Fsp3) is 0.643. The predicted octanol–water partition coefficient (Wildman–Crippen LogP) is 0.334. The van der Waals surface area contributed by atoms with Crippen molar-refractivity contribution in [2.75, 3.05) is 6.54 Å². The van der Waals surface area contributed by atoms with Crippen molar-refractivity contribution in [2.24, 2.45) is 13.0 Å². The molecular formula is C14H22N4O2. The van der Waals surface area contributed by atoms with Crippen molar-refractivity contribution in [1.29, 1.82) is 0 Å². The number of amides is 2. The van der Waals surface area contributed by atoms with Gasteiger partial charge in [0, 0.05) is 19.8 Å². The zero-order chi connectivity index (χ0) is 14.9. The smallest absolute Gasteiger partial charge is 0.245 e. The molecule has 0 aromatic carbocycles. The zero-order valence-electron chi connectivity index (χ0n) is 12.5. The highest BCUT2D eigenvalue weighted by molar-refractivity contribution is 5.96. The second-order valence-corrected chi connectivity index (χ2v) is 5.72. The zero-order valence-corrected chi connectivity index (χ0v) is 12.5. The third-order valence-corrected chi connectivity index (χ3v) is 3.65. The Hall–Kier alpha value is -1.85. The van der Waals surface area contributed by atoms with Gasteiger partial charge in [-0.2, -0.15) is 5.10 Å². The highest BCUT2D eigenvalue weighted by Crippen LogP contribution is 2.18. The minimum Gasteiger partial charge on any atom is -0.343 e. The van der Waals surface area contributed by atoms with Crippen LogP contribution in [0, 0.1) is 5.92 Å². The van der Waals surface area contributed by atoms with E-state index >= 15 is 0 Å². The molecule has 1 saturated heterocycles. The topological polar surface area (TPSA) is 67.2 Å². The molecule has 1 N–H and O–H groups in total. The molecule has 1 aliphatic rings. The van der Waals surface area contributed by atoms with E-state index in [0.29, 0.717) is 13.0 Å². The fourth-order valence-corrected chi connectivity index (χ4v) is 2.65. The number of nitrogens with zero attached hydrogens (tertiary/aromatic N) is 3. The Balaban J connectivity index is 2.11. The number of rotatable bonds is 4. The van der Waals surface area contributed by atoms with Gasteiger partial charge in [0.2, 0.25) is 11.8 Å². The lowest BCUT2D eigenvalue weighted by molar-refractivity contribution is -0.150. The molecule has 1 aliphatic heterocycles. The maximum absolute atomic E-state index is 12.3. The molecule has 2 atom stereocenters. The van der Waals surface area contributed by atoms with Gasteiger partial charge in [0.25, 0.3) is 0 Å². The molecule has 2 unspecified atom stereocenters. The molecule has 0 radical (unpaired) electrons. The Morgan fingerprint density at radius 3 is 2.65 bits per heavy atom. The van der Waals surface area contributed by atoms with E-state index in [-0.39, 0.29) is 23.8 Å². The van der Waals surface area contributed by atoms with Gasteiger partial charge in [-0.15, -0.1) is 0 Å². The van der Waals surface area contributed by atoms with Gasteiger partial charge in [-0.05, 0) is 24.8 Å². The molecule has 1 aromatic heterocycles. The molecule has 0 saturated carbocycles. The molecule has 0 aliphatic carbocycles. The monoisotopic (exact) mass is 278 g/mol. The number of carbonyl (C=O) groups is 2. The molecule has 1 fully saturated rings. The Kier molecular flexibility index (Phi) is 4.11. The minimum absolute atomic E-state index is 0.00723. The van der Waals surface area contributed by atoms with E-state index in [1.54, 1.807) is 22.7 Å². The number of carbonyl (C=O) groups excluding carboxylic acids is 2. The van der Waals surface area contributed by atoms with Crippen LogP contribution in [-0.4, -0.2) is 45.1 Å². The lowest BCUT2D eigenvalue weighted by Crippen LogP contribution is -2.64. The number of nitrogens with one attached hydrogen (secondary N) is 1. The van der Waals surface area contributed by atoms with Crippen molar-refractivity contribution in [2.45, 2.75) is 39.3 Å². The summed E-state index contributed by atoms with van der Waals surface area (Å²) in [6.45, 7) is 6.20. The van der Waals surface area contributed by atoms with Crippen molar-refractivity contribution in [3.05, 3.63) is 18.0 Å². The molecule has 1 aromatic rings. The summed E-state index contributed by atoms with van der Waals surface area (Å²) in [5.74, 6) is 0.0332. The second kappa shape index (κ2) is 5.64. The van der Waals surface area contributed by atoms with Crippen LogP contribution in [0.4, 0.5) is 0 Å². The molecule has 110 valence electrons. The number of aryl methyl sites for hydroxylation is 1. The van der Waals surface area contributed by atoms with E-state index in [2.05, 4.69) is 10.4 Å². The van der Waals surface area contributed by atoms with Crippen molar-refractivity contribution >= 4 is 11.8 Å². The van der Waals surface area contributed by atoms with E-state index in [0.717, 1.165) is 5.56 Å². The van der Waals surface area contributed by atoms with Gasteiger partial charge in [0.15, 0.2) is 0 Å². The first kappa shape index (κ1) is 14.6. The average Bonchev–Trinajstić information content (AvgIpc) is 2.77. The van der Waals surface area contributed by atoms with Gasteiger partial charge in [0.1, 0.15) is 12.1 Å².